The Morgan fingerprint density at radius 1 is 1.11 bits per heavy atom. The molecule has 0 radical (unpaired) electrons. The largest absolute Gasteiger partial charge is 0.336 e. The minimum absolute atomic E-state index is 0.115. The van der Waals surface area contributed by atoms with Crippen molar-refractivity contribution >= 4 is 5.91 Å². The molecule has 2 fully saturated rings. The monoisotopic (exact) mass is 248 g/mol. The Morgan fingerprint density at radius 2 is 1.67 bits per heavy atom. The molecule has 1 amide bonds. The zero-order valence-corrected chi connectivity index (χ0v) is 11.6. The molecule has 2 rings (SSSR count). The number of hydrogen-bond acceptors (Lipinski definition) is 2. The van der Waals surface area contributed by atoms with Gasteiger partial charge in [-0.25, -0.2) is 0 Å². The summed E-state index contributed by atoms with van der Waals surface area (Å²) in [4.78, 5) is 14.8. The maximum Gasteiger partial charge on any atom is 0.243 e. The summed E-state index contributed by atoms with van der Waals surface area (Å²) in [5.41, 5.74) is -0.710. The summed E-state index contributed by atoms with van der Waals surface area (Å²) in [6.45, 7) is 4.25. The Balaban J connectivity index is 2.20. The van der Waals surface area contributed by atoms with Crippen molar-refractivity contribution in [2.24, 2.45) is 5.41 Å². The first-order valence-corrected chi connectivity index (χ1v) is 7.35. The number of likely N-dealkylation sites (tertiary alicyclic amines) is 1. The van der Waals surface area contributed by atoms with Gasteiger partial charge in [-0.3, -0.25) is 4.79 Å². The molecule has 0 bridgehead atoms. The Morgan fingerprint density at radius 3 is 2.17 bits per heavy atom. The van der Waals surface area contributed by atoms with Crippen molar-refractivity contribution in [3.63, 3.8) is 0 Å². The summed E-state index contributed by atoms with van der Waals surface area (Å²) in [6, 6.07) is 2.96. The molecule has 1 aliphatic heterocycles. The van der Waals surface area contributed by atoms with Gasteiger partial charge >= 0.3 is 0 Å². The summed E-state index contributed by atoms with van der Waals surface area (Å²) in [6.07, 6.45) is 8.10. The van der Waals surface area contributed by atoms with E-state index in [-0.39, 0.29) is 5.91 Å². The number of nitriles is 1. The molecule has 0 aromatic heterocycles. The molecule has 0 aromatic rings. The van der Waals surface area contributed by atoms with Gasteiger partial charge in [-0.15, -0.1) is 0 Å². The summed E-state index contributed by atoms with van der Waals surface area (Å²) < 4.78 is 0. The molecule has 2 atom stereocenters. The second kappa shape index (κ2) is 5.30. The van der Waals surface area contributed by atoms with Crippen LogP contribution in [0.25, 0.3) is 0 Å². The number of hydrogen-bond donors (Lipinski definition) is 0. The van der Waals surface area contributed by atoms with E-state index in [1.807, 2.05) is 4.90 Å². The highest BCUT2D eigenvalue weighted by atomic mass is 16.2. The van der Waals surface area contributed by atoms with Crippen molar-refractivity contribution in [1.82, 2.24) is 4.90 Å². The lowest BCUT2D eigenvalue weighted by atomic mass is 9.73. The van der Waals surface area contributed by atoms with E-state index in [9.17, 15) is 10.1 Å². The van der Waals surface area contributed by atoms with Crippen molar-refractivity contribution in [3.05, 3.63) is 0 Å². The van der Waals surface area contributed by atoms with Crippen molar-refractivity contribution in [2.45, 2.75) is 77.3 Å². The van der Waals surface area contributed by atoms with Crippen LogP contribution < -0.4 is 0 Å². The van der Waals surface area contributed by atoms with Crippen molar-refractivity contribution < 1.29 is 4.79 Å². The lowest BCUT2D eigenvalue weighted by Gasteiger charge is -2.44. The Labute approximate surface area is 110 Å². The topological polar surface area (TPSA) is 44.1 Å². The summed E-state index contributed by atoms with van der Waals surface area (Å²) >= 11 is 0. The number of carbonyl (C=O) groups excluding carboxylic acids is 1. The van der Waals surface area contributed by atoms with Crippen LogP contribution >= 0.6 is 0 Å². The van der Waals surface area contributed by atoms with Crippen molar-refractivity contribution in [1.29, 1.82) is 5.26 Å². The van der Waals surface area contributed by atoms with Gasteiger partial charge in [-0.2, -0.15) is 5.26 Å². The highest BCUT2D eigenvalue weighted by Gasteiger charge is 2.45. The molecular formula is C15H24N2O. The van der Waals surface area contributed by atoms with E-state index in [1.54, 1.807) is 0 Å². The molecule has 0 N–H and O–H groups in total. The number of piperidine rings is 1. The number of rotatable bonds is 1. The highest BCUT2D eigenvalue weighted by Crippen LogP contribution is 2.39. The van der Waals surface area contributed by atoms with Crippen LogP contribution in [0.4, 0.5) is 0 Å². The standard InChI is InChI=1S/C15H24N2O/c1-12-7-6-8-13(2)17(12)14(18)15(11-16)9-4-3-5-10-15/h12-13H,3-10H2,1-2H3. The molecule has 1 saturated carbocycles. The fraction of sp³-hybridized carbons (Fsp3) is 0.867. The molecule has 3 heteroatoms. The van der Waals surface area contributed by atoms with Gasteiger partial charge in [-0.05, 0) is 46.0 Å². The summed E-state index contributed by atoms with van der Waals surface area (Å²) in [5.74, 6) is 0.115. The average molecular weight is 248 g/mol. The second-order valence-electron chi connectivity index (χ2n) is 6.10. The van der Waals surface area contributed by atoms with Crippen LogP contribution in [0.1, 0.15) is 65.2 Å². The van der Waals surface area contributed by atoms with Crippen LogP contribution in [0, 0.1) is 16.7 Å². The smallest absolute Gasteiger partial charge is 0.243 e. The SMILES string of the molecule is CC1CCCC(C)N1C(=O)C1(C#N)CCCCC1. The number of carbonyl (C=O) groups is 1. The van der Waals surface area contributed by atoms with Gasteiger partial charge in [0.15, 0.2) is 0 Å². The van der Waals surface area contributed by atoms with Crippen molar-refractivity contribution in [2.75, 3.05) is 0 Å². The molecule has 1 aliphatic carbocycles. The maximum absolute atomic E-state index is 12.8. The Hall–Kier alpha value is -1.04. The first-order chi connectivity index (χ1) is 8.60. The predicted molar refractivity (Wildman–Crippen MR) is 70.8 cm³/mol. The molecular weight excluding hydrogens is 224 g/mol. The average Bonchev–Trinajstić information content (AvgIpc) is 2.39. The van der Waals surface area contributed by atoms with Crippen LogP contribution in [-0.4, -0.2) is 22.9 Å². The Kier molecular flexibility index (Phi) is 3.94. The molecule has 2 unspecified atom stereocenters. The summed E-state index contributed by atoms with van der Waals surface area (Å²) in [7, 11) is 0. The molecule has 2 aliphatic rings. The fourth-order valence-electron chi connectivity index (χ4n) is 3.60. The maximum atomic E-state index is 12.8. The first kappa shape index (κ1) is 13.4. The predicted octanol–water partition coefficient (Wildman–Crippen LogP) is 3.25. The molecule has 100 valence electrons. The second-order valence-corrected chi connectivity index (χ2v) is 6.10. The lowest BCUT2D eigenvalue weighted by Crippen LogP contribution is -2.53. The van der Waals surface area contributed by atoms with Crippen molar-refractivity contribution in [3.8, 4) is 6.07 Å². The van der Waals surface area contributed by atoms with E-state index in [0.717, 1.165) is 38.5 Å². The fourth-order valence-corrected chi connectivity index (χ4v) is 3.60. The van der Waals surface area contributed by atoms with E-state index >= 15 is 0 Å². The molecule has 0 spiro atoms. The highest BCUT2D eigenvalue weighted by molar-refractivity contribution is 5.86. The molecule has 0 aromatic carbocycles. The zero-order valence-electron chi connectivity index (χ0n) is 11.6. The van der Waals surface area contributed by atoms with Gasteiger partial charge in [0.1, 0.15) is 5.41 Å². The minimum Gasteiger partial charge on any atom is -0.336 e. The third-order valence-electron chi connectivity index (χ3n) is 4.76. The molecule has 18 heavy (non-hydrogen) atoms. The van der Waals surface area contributed by atoms with Gasteiger partial charge in [0.2, 0.25) is 5.91 Å². The van der Waals surface area contributed by atoms with E-state index in [4.69, 9.17) is 0 Å². The molecule has 1 heterocycles. The van der Waals surface area contributed by atoms with E-state index in [0.29, 0.717) is 12.1 Å². The molecule has 1 saturated heterocycles. The zero-order chi connectivity index (χ0) is 13.2. The first-order valence-electron chi connectivity index (χ1n) is 7.35. The van der Waals surface area contributed by atoms with Gasteiger partial charge in [0.25, 0.3) is 0 Å². The summed E-state index contributed by atoms with van der Waals surface area (Å²) in [5, 5.41) is 9.52. The van der Waals surface area contributed by atoms with Crippen LogP contribution in [0.3, 0.4) is 0 Å². The van der Waals surface area contributed by atoms with E-state index in [1.165, 1.54) is 12.8 Å². The third-order valence-corrected chi connectivity index (χ3v) is 4.76. The number of amides is 1. The normalized spacial score (nSPS) is 31.7. The quantitative estimate of drug-likeness (QED) is 0.715. The Bertz CT molecular complexity index is 342. The van der Waals surface area contributed by atoms with Crippen LogP contribution in [0.2, 0.25) is 0 Å². The van der Waals surface area contributed by atoms with E-state index < -0.39 is 5.41 Å². The van der Waals surface area contributed by atoms with Gasteiger partial charge in [-0.1, -0.05) is 19.3 Å². The lowest BCUT2D eigenvalue weighted by molar-refractivity contribution is -0.147. The molecule has 3 nitrogen and oxygen atoms in total. The minimum atomic E-state index is -0.710. The van der Waals surface area contributed by atoms with Crippen LogP contribution in [0.15, 0.2) is 0 Å². The van der Waals surface area contributed by atoms with Crippen LogP contribution in [-0.2, 0) is 4.79 Å². The van der Waals surface area contributed by atoms with Gasteiger partial charge < -0.3 is 4.90 Å². The number of nitrogens with zero attached hydrogens (tertiary/aromatic N) is 2. The van der Waals surface area contributed by atoms with E-state index in [2.05, 4.69) is 19.9 Å². The van der Waals surface area contributed by atoms with Gasteiger partial charge in [0.05, 0.1) is 6.07 Å². The van der Waals surface area contributed by atoms with Crippen LogP contribution in [0.5, 0.6) is 0 Å². The third kappa shape index (κ3) is 2.25. The van der Waals surface area contributed by atoms with Gasteiger partial charge in [0, 0.05) is 12.1 Å².